The Kier molecular flexibility index (Phi) is 8.74. The Bertz CT molecular complexity index is 1930. The SMILES string of the molecule is O=C1c2ccccc2C(c2cccc3c2C(=O)[C@H](C2=CC[C@@H](c4ccc(Cl)cc4)CC2)CC3)C[C@H]1C1=CC[C@H](c2ccc(Cl)cc2)CC1. The molecule has 5 atom stereocenters. The molecule has 0 saturated carbocycles. The van der Waals surface area contributed by atoms with Crippen LogP contribution in [0.4, 0.5) is 0 Å². The number of hydrogen-bond acceptors (Lipinski definition) is 2. The van der Waals surface area contributed by atoms with Gasteiger partial charge in [-0.15, -0.1) is 0 Å². The van der Waals surface area contributed by atoms with Crippen LogP contribution in [-0.2, 0) is 6.42 Å². The molecule has 4 aromatic rings. The molecule has 4 aromatic carbocycles. The van der Waals surface area contributed by atoms with E-state index in [1.807, 2.05) is 42.5 Å². The molecule has 0 aliphatic heterocycles. The van der Waals surface area contributed by atoms with Gasteiger partial charge in [0.15, 0.2) is 11.6 Å². The average Bonchev–Trinajstić information content (AvgIpc) is 3.13. The average molecular weight is 672 g/mol. The van der Waals surface area contributed by atoms with Crippen molar-refractivity contribution in [3.05, 3.63) is 163 Å². The van der Waals surface area contributed by atoms with Crippen molar-refractivity contribution in [2.24, 2.45) is 11.8 Å². The molecular formula is C44H40Cl2O2. The number of benzene rings is 4. The summed E-state index contributed by atoms with van der Waals surface area (Å²) in [6.45, 7) is 0. The smallest absolute Gasteiger partial charge is 0.170 e. The zero-order valence-corrected chi connectivity index (χ0v) is 28.6. The van der Waals surface area contributed by atoms with E-state index in [0.29, 0.717) is 18.3 Å². The molecule has 242 valence electrons. The van der Waals surface area contributed by atoms with E-state index in [9.17, 15) is 9.59 Å². The summed E-state index contributed by atoms with van der Waals surface area (Å²) in [5.41, 5.74) is 10.3. The van der Waals surface area contributed by atoms with Crippen LogP contribution >= 0.6 is 23.2 Å². The van der Waals surface area contributed by atoms with Gasteiger partial charge in [-0.3, -0.25) is 9.59 Å². The van der Waals surface area contributed by atoms with Crippen LogP contribution in [0.25, 0.3) is 0 Å². The summed E-state index contributed by atoms with van der Waals surface area (Å²) >= 11 is 12.3. The number of carbonyl (C=O) groups excluding carboxylic acids is 2. The predicted molar refractivity (Wildman–Crippen MR) is 196 cm³/mol. The highest BCUT2D eigenvalue weighted by Gasteiger charge is 2.40. The van der Waals surface area contributed by atoms with Crippen LogP contribution in [0.2, 0.25) is 10.0 Å². The maximum absolute atomic E-state index is 14.6. The third-order valence-corrected chi connectivity index (χ3v) is 12.2. The lowest BCUT2D eigenvalue weighted by atomic mass is 9.66. The molecule has 0 amide bonds. The lowest BCUT2D eigenvalue weighted by Crippen LogP contribution is -2.31. The Morgan fingerprint density at radius 3 is 1.71 bits per heavy atom. The summed E-state index contributed by atoms with van der Waals surface area (Å²) in [6.07, 6.45) is 13.0. The van der Waals surface area contributed by atoms with Gasteiger partial charge in [-0.1, -0.05) is 113 Å². The number of carbonyl (C=O) groups is 2. The number of hydrogen-bond donors (Lipinski definition) is 0. The topological polar surface area (TPSA) is 34.1 Å². The number of aryl methyl sites for hydroxylation is 1. The zero-order valence-electron chi connectivity index (χ0n) is 27.1. The normalized spacial score (nSPS) is 25.5. The molecule has 0 aromatic heterocycles. The van der Waals surface area contributed by atoms with Crippen molar-refractivity contribution in [3.63, 3.8) is 0 Å². The molecule has 0 spiro atoms. The van der Waals surface area contributed by atoms with Crippen molar-refractivity contribution < 1.29 is 9.59 Å². The van der Waals surface area contributed by atoms with Gasteiger partial charge in [0.1, 0.15) is 0 Å². The maximum atomic E-state index is 14.6. The Labute approximate surface area is 293 Å². The van der Waals surface area contributed by atoms with E-state index in [-0.39, 0.29) is 29.3 Å². The second-order valence-corrected chi connectivity index (χ2v) is 15.1. The van der Waals surface area contributed by atoms with Crippen molar-refractivity contribution in [2.45, 2.75) is 75.5 Å². The highest BCUT2D eigenvalue weighted by molar-refractivity contribution is 6.30. The fourth-order valence-electron chi connectivity index (χ4n) is 9.09. The lowest BCUT2D eigenvalue weighted by molar-refractivity contribution is 0.0916. The van der Waals surface area contributed by atoms with Gasteiger partial charge in [0.25, 0.3) is 0 Å². The lowest BCUT2D eigenvalue weighted by Gasteiger charge is -2.36. The van der Waals surface area contributed by atoms with Gasteiger partial charge in [0.2, 0.25) is 0 Å². The first-order chi connectivity index (χ1) is 23.4. The molecule has 0 heterocycles. The minimum Gasteiger partial charge on any atom is -0.293 e. The quantitative estimate of drug-likeness (QED) is 0.198. The fourth-order valence-corrected chi connectivity index (χ4v) is 9.34. The van der Waals surface area contributed by atoms with Crippen molar-refractivity contribution in [1.82, 2.24) is 0 Å². The standard InChI is InChI=1S/C44H40Cl2O2/c45-34-21-16-29(17-22-34)27-8-12-31(13-9-27)36-25-20-33-4-3-7-38(42(33)44(36)48)41-26-40(43(47)39-6-2-1-5-37(39)41)32-14-10-28(11-15-32)30-18-23-35(46)24-19-30/h1-7,12,14,16-19,21-24,27-28,36,40-41H,8-11,13,15,20,25-26H2/t27-,28+,36+,40+,41?/m1/s1. The third kappa shape index (κ3) is 5.92. The molecule has 48 heavy (non-hydrogen) atoms. The molecular weight excluding hydrogens is 631 g/mol. The van der Waals surface area contributed by atoms with E-state index in [4.69, 9.17) is 23.2 Å². The summed E-state index contributed by atoms with van der Waals surface area (Å²) in [4.78, 5) is 28.7. The molecule has 8 rings (SSSR count). The van der Waals surface area contributed by atoms with Crippen LogP contribution in [0.15, 0.2) is 114 Å². The summed E-state index contributed by atoms with van der Waals surface area (Å²) in [5.74, 6) is 1.20. The first kappa shape index (κ1) is 31.5. The largest absolute Gasteiger partial charge is 0.293 e. The Hall–Kier alpha value is -3.72. The predicted octanol–water partition coefficient (Wildman–Crippen LogP) is 11.9. The number of fused-ring (bicyclic) bond motifs is 2. The Morgan fingerprint density at radius 1 is 0.521 bits per heavy atom. The van der Waals surface area contributed by atoms with E-state index >= 15 is 0 Å². The molecule has 0 bridgehead atoms. The third-order valence-electron chi connectivity index (χ3n) is 11.7. The van der Waals surface area contributed by atoms with E-state index in [1.165, 1.54) is 22.3 Å². The molecule has 2 nitrogen and oxygen atoms in total. The number of halogens is 2. The van der Waals surface area contributed by atoms with Crippen LogP contribution in [0.3, 0.4) is 0 Å². The van der Waals surface area contributed by atoms with Crippen LogP contribution in [0.5, 0.6) is 0 Å². The second kappa shape index (κ2) is 13.3. The molecule has 0 N–H and O–H groups in total. The van der Waals surface area contributed by atoms with Crippen LogP contribution in [0, 0.1) is 11.8 Å². The van der Waals surface area contributed by atoms with E-state index in [1.54, 1.807) is 0 Å². The monoisotopic (exact) mass is 670 g/mol. The highest BCUT2D eigenvalue weighted by Crippen LogP contribution is 2.48. The zero-order chi connectivity index (χ0) is 32.8. The van der Waals surface area contributed by atoms with Gasteiger partial charge in [-0.25, -0.2) is 0 Å². The summed E-state index contributed by atoms with van der Waals surface area (Å²) in [6, 6.07) is 31.0. The van der Waals surface area contributed by atoms with Crippen LogP contribution in [-0.4, -0.2) is 11.6 Å². The van der Waals surface area contributed by atoms with Crippen LogP contribution < -0.4 is 0 Å². The van der Waals surface area contributed by atoms with Crippen molar-refractivity contribution in [3.8, 4) is 0 Å². The molecule has 0 radical (unpaired) electrons. The second-order valence-electron chi connectivity index (χ2n) is 14.2. The fraction of sp³-hybridized carbons (Fsp3) is 0.318. The summed E-state index contributed by atoms with van der Waals surface area (Å²) in [5, 5.41) is 1.53. The van der Waals surface area contributed by atoms with Crippen LogP contribution in [0.1, 0.15) is 118 Å². The van der Waals surface area contributed by atoms with Gasteiger partial charge in [-0.2, -0.15) is 0 Å². The summed E-state index contributed by atoms with van der Waals surface area (Å²) < 4.78 is 0. The minimum atomic E-state index is -0.160. The van der Waals surface area contributed by atoms with Gasteiger partial charge in [-0.05, 0) is 122 Å². The number of rotatable bonds is 5. The minimum absolute atomic E-state index is 0.00561. The molecule has 0 saturated heterocycles. The van der Waals surface area contributed by atoms with Gasteiger partial charge >= 0.3 is 0 Å². The first-order valence-electron chi connectivity index (χ1n) is 17.6. The molecule has 0 fully saturated rings. The van der Waals surface area contributed by atoms with Crippen molar-refractivity contribution in [2.75, 3.05) is 0 Å². The highest BCUT2D eigenvalue weighted by atomic mass is 35.5. The van der Waals surface area contributed by atoms with Crippen molar-refractivity contribution in [1.29, 1.82) is 0 Å². The number of Topliss-reactive ketones (excluding diaryl/α,β-unsaturated/α-hetero) is 2. The number of ketones is 2. The van der Waals surface area contributed by atoms with Crippen molar-refractivity contribution >= 4 is 34.8 Å². The molecule has 4 heteroatoms. The van der Waals surface area contributed by atoms with Gasteiger partial charge in [0.05, 0.1) is 0 Å². The molecule has 1 unspecified atom stereocenters. The first-order valence-corrected chi connectivity index (χ1v) is 18.4. The Balaban J connectivity index is 1.08. The number of allylic oxidation sites excluding steroid dienone is 4. The van der Waals surface area contributed by atoms with E-state index in [2.05, 4.69) is 60.7 Å². The van der Waals surface area contributed by atoms with E-state index < -0.39 is 0 Å². The molecule has 4 aliphatic carbocycles. The molecule has 4 aliphatic rings. The van der Waals surface area contributed by atoms with E-state index in [0.717, 1.165) is 89.2 Å². The van der Waals surface area contributed by atoms with Gasteiger partial charge in [0, 0.05) is 38.9 Å². The summed E-state index contributed by atoms with van der Waals surface area (Å²) in [7, 11) is 0. The van der Waals surface area contributed by atoms with Gasteiger partial charge < -0.3 is 0 Å². The maximum Gasteiger partial charge on any atom is 0.170 e. The Morgan fingerprint density at radius 2 is 1.10 bits per heavy atom.